The molecule has 2 aromatic carbocycles. The first-order valence-electron chi connectivity index (χ1n) is 8.00. The predicted molar refractivity (Wildman–Crippen MR) is 93.4 cm³/mol. The fourth-order valence-corrected chi connectivity index (χ4v) is 3.23. The number of nitro benzene ring substituents is 1. The van der Waals surface area contributed by atoms with E-state index < -0.39 is 16.3 Å². The molecule has 1 aliphatic heterocycles. The monoisotopic (exact) mass is 381 g/mol. The average Bonchev–Trinajstić information content (AvgIpc) is 2.63. The van der Waals surface area contributed by atoms with E-state index in [1.54, 1.807) is 18.2 Å². The number of halogens is 2. The molecule has 0 saturated carbocycles. The highest BCUT2D eigenvalue weighted by atomic mass is 35.5. The summed E-state index contributed by atoms with van der Waals surface area (Å²) >= 11 is 6.04. The molecular weight excluding hydrogens is 365 g/mol. The van der Waals surface area contributed by atoms with Gasteiger partial charge in [0.05, 0.1) is 31.3 Å². The molecule has 1 fully saturated rings. The van der Waals surface area contributed by atoms with Crippen LogP contribution < -0.4 is 9.47 Å². The predicted octanol–water partition coefficient (Wildman–Crippen LogP) is 4.48. The number of methoxy groups -OCH3 is 1. The summed E-state index contributed by atoms with van der Waals surface area (Å²) < 4.78 is 31.3. The Hall–Kier alpha value is -2.38. The number of nitrogens with zero attached hydrogens (tertiary/aromatic N) is 1. The first-order chi connectivity index (χ1) is 12.4. The van der Waals surface area contributed by atoms with E-state index in [0.717, 1.165) is 11.6 Å². The number of hydrogen-bond donors (Lipinski definition) is 0. The zero-order valence-corrected chi connectivity index (χ0v) is 14.8. The van der Waals surface area contributed by atoms with Crippen LogP contribution in [0.5, 0.6) is 11.5 Å². The molecule has 0 N–H and O–H groups in total. The summed E-state index contributed by atoms with van der Waals surface area (Å²) in [5, 5.41) is 11.3. The van der Waals surface area contributed by atoms with Gasteiger partial charge in [-0.15, -0.1) is 0 Å². The molecule has 8 heteroatoms. The second-order valence-electron chi connectivity index (χ2n) is 5.93. The van der Waals surface area contributed by atoms with Gasteiger partial charge in [0.2, 0.25) is 0 Å². The Morgan fingerprint density at radius 3 is 2.54 bits per heavy atom. The van der Waals surface area contributed by atoms with Gasteiger partial charge >= 0.3 is 0 Å². The van der Waals surface area contributed by atoms with Crippen LogP contribution >= 0.6 is 11.6 Å². The Bertz CT molecular complexity index is 823. The zero-order chi connectivity index (χ0) is 18.7. The van der Waals surface area contributed by atoms with Crippen molar-refractivity contribution in [2.24, 2.45) is 0 Å². The molecule has 138 valence electrons. The molecule has 6 nitrogen and oxygen atoms in total. The van der Waals surface area contributed by atoms with Gasteiger partial charge in [-0.05, 0) is 24.3 Å². The van der Waals surface area contributed by atoms with E-state index in [-0.39, 0.29) is 11.4 Å². The topological polar surface area (TPSA) is 70.8 Å². The normalized spacial score (nSPS) is 16.1. The van der Waals surface area contributed by atoms with E-state index in [4.69, 9.17) is 25.8 Å². The van der Waals surface area contributed by atoms with Crippen LogP contribution in [0.2, 0.25) is 5.02 Å². The average molecular weight is 382 g/mol. The van der Waals surface area contributed by atoms with Crippen molar-refractivity contribution in [3.8, 4) is 11.5 Å². The lowest BCUT2D eigenvalue weighted by molar-refractivity contribution is -0.385. The van der Waals surface area contributed by atoms with Gasteiger partial charge in [0, 0.05) is 29.5 Å². The van der Waals surface area contributed by atoms with E-state index in [2.05, 4.69) is 0 Å². The van der Waals surface area contributed by atoms with Crippen LogP contribution in [0.1, 0.15) is 18.4 Å². The number of nitro groups is 1. The molecule has 3 rings (SSSR count). The highest BCUT2D eigenvalue weighted by Crippen LogP contribution is 2.43. The molecule has 0 radical (unpaired) electrons. The van der Waals surface area contributed by atoms with Crippen LogP contribution in [0.15, 0.2) is 36.4 Å². The van der Waals surface area contributed by atoms with Crippen molar-refractivity contribution in [1.82, 2.24) is 0 Å². The van der Waals surface area contributed by atoms with Gasteiger partial charge in [-0.25, -0.2) is 4.39 Å². The molecule has 0 bridgehead atoms. The maximum Gasteiger partial charge on any atom is 0.272 e. The van der Waals surface area contributed by atoms with Crippen LogP contribution in [0.4, 0.5) is 10.1 Å². The van der Waals surface area contributed by atoms with Gasteiger partial charge in [-0.2, -0.15) is 0 Å². The van der Waals surface area contributed by atoms with Crippen LogP contribution in [0.3, 0.4) is 0 Å². The van der Waals surface area contributed by atoms with Gasteiger partial charge in [-0.3, -0.25) is 10.1 Å². The van der Waals surface area contributed by atoms with Gasteiger partial charge in [0.25, 0.3) is 5.69 Å². The third kappa shape index (κ3) is 3.59. The molecule has 2 aromatic rings. The third-order valence-corrected chi connectivity index (χ3v) is 4.62. The highest BCUT2D eigenvalue weighted by molar-refractivity contribution is 6.30. The molecule has 1 heterocycles. The lowest BCUT2D eigenvalue weighted by Crippen LogP contribution is -2.39. The van der Waals surface area contributed by atoms with Crippen molar-refractivity contribution >= 4 is 17.3 Å². The summed E-state index contributed by atoms with van der Waals surface area (Å²) in [6.45, 7) is 0.862. The number of ether oxygens (including phenoxy) is 3. The fraction of sp³-hybridized carbons (Fsp3) is 0.333. The molecule has 0 aromatic heterocycles. The second kappa shape index (κ2) is 7.47. The summed E-state index contributed by atoms with van der Waals surface area (Å²) in [7, 11) is 1.52. The van der Waals surface area contributed by atoms with Crippen molar-refractivity contribution in [1.29, 1.82) is 0 Å². The van der Waals surface area contributed by atoms with E-state index in [1.807, 2.05) is 0 Å². The number of rotatable bonds is 5. The van der Waals surface area contributed by atoms with Crippen LogP contribution in [0.25, 0.3) is 0 Å². The van der Waals surface area contributed by atoms with Gasteiger partial charge in [-0.1, -0.05) is 11.6 Å². The minimum atomic E-state index is -0.884. The molecular formula is C18H17ClFNO5. The van der Waals surface area contributed by atoms with Crippen LogP contribution in [-0.4, -0.2) is 25.2 Å². The van der Waals surface area contributed by atoms with Crippen molar-refractivity contribution in [3.05, 3.63) is 62.9 Å². The minimum Gasteiger partial charge on any atom is -0.496 e. The Labute approximate surface area is 154 Å². The third-order valence-electron chi connectivity index (χ3n) is 4.39. The van der Waals surface area contributed by atoms with Gasteiger partial charge in [0.15, 0.2) is 11.6 Å². The zero-order valence-electron chi connectivity index (χ0n) is 14.0. The standard InChI is InChI=1S/C18H17ClFNO5/c1-24-17-10-12(19)2-4-14(17)18(6-8-25-9-7-18)26-16-5-3-13(21(22)23)11-15(16)20/h2-5,10-11H,6-9H2,1H3. The first kappa shape index (κ1) is 18.4. The minimum absolute atomic E-state index is 0.0606. The van der Waals surface area contributed by atoms with Gasteiger partial charge in [0.1, 0.15) is 11.4 Å². The Morgan fingerprint density at radius 1 is 1.19 bits per heavy atom. The van der Waals surface area contributed by atoms with E-state index >= 15 is 0 Å². The summed E-state index contributed by atoms with van der Waals surface area (Å²) in [4.78, 5) is 10.2. The number of benzene rings is 2. The number of non-ortho nitro benzene ring substituents is 1. The maximum atomic E-state index is 14.4. The van der Waals surface area contributed by atoms with Crippen LogP contribution in [-0.2, 0) is 10.3 Å². The Balaban J connectivity index is 2.03. The van der Waals surface area contributed by atoms with Gasteiger partial charge < -0.3 is 14.2 Å². The number of hydrogen-bond acceptors (Lipinski definition) is 5. The first-order valence-corrected chi connectivity index (χ1v) is 8.38. The maximum absolute atomic E-state index is 14.4. The molecule has 26 heavy (non-hydrogen) atoms. The lowest BCUT2D eigenvalue weighted by atomic mass is 9.85. The van der Waals surface area contributed by atoms with Crippen molar-refractivity contribution in [2.45, 2.75) is 18.4 Å². The molecule has 0 atom stereocenters. The molecule has 0 amide bonds. The molecule has 1 saturated heterocycles. The Kier molecular flexibility index (Phi) is 5.29. The van der Waals surface area contributed by atoms with Crippen LogP contribution in [0, 0.1) is 15.9 Å². The van der Waals surface area contributed by atoms with Crippen molar-refractivity contribution < 1.29 is 23.5 Å². The molecule has 0 aliphatic carbocycles. The summed E-state index contributed by atoms with van der Waals surface area (Å²) in [5.74, 6) is -0.325. The van der Waals surface area contributed by atoms with Crippen molar-refractivity contribution in [2.75, 3.05) is 20.3 Å². The van der Waals surface area contributed by atoms with E-state index in [1.165, 1.54) is 19.2 Å². The lowest BCUT2D eigenvalue weighted by Gasteiger charge is -2.38. The summed E-state index contributed by atoms with van der Waals surface area (Å²) in [6.07, 6.45) is 0.947. The molecule has 1 aliphatic rings. The van der Waals surface area contributed by atoms with E-state index in [9.17, 15) is 14.5 Å². The molecule has 0 unspecified atom stereocenters. The quantitative estimate of drug-likeness (QED) is 0.564. The smallest absolute Gasteiger partial charge is 0.272 e. The van der Waals surface area contributed by atoms with E-state index in [0.29, 0.717) is 36.8 Å². The fourth-order valence-electron chi connectivity index (χ4n) is 3.07. The second-order valence-corrected chi connectivity index (χ2v) is 6.36. The largest absolute Gasteiger partial charge is 0.496 e. The molecule has 0 spiro atoms. The van der Waals surface area contributed by atoms with Crippen molar-refractivity contribution in [3.63, 3.8) is 0 Å². The SMILES string of the molecule is COc1cc(Cl)ccc1C1(Oc2ccc([N+](=O)[O-])cc2F)CCOCC1. The Morgan fingerprint density at radius 2 is 1.92 bits per heavy atom. The highest BCUT2D eigenvalue weighted by Gasteiger charge is 2.40. The summed E-state index contributed by atoms with van der Waals surface area (Å²) in [6, 6.07) is 8.50. The summed E-state index contributed by atoms with van der Waals surface area (Å²) in [5.41, 5.74) is -0.490.